The fourth-order valence-electron chi connectivity index (χ4n) is 5.50. The number of hydrogen-bond donors (Lipinski definition) is 0. The van der Waals surface area contributed by atoms with E-state index in [9.17, 15) is 4.79 Å². The van der Waals surface area contributed by atoms with Gasteiger partial charge in [0, 0.05) is 21.9 Å². The van der Waals surface area contributed by atoms with Gasteiger partial charge in [-0.2, -0.15) is 0 Å². The Morgan fingerprint density at radius 2 is 1.02 bits per heavy atom. The first-order chi connectivity index (χ1) is 20.7. The van der Waals surface area contributed by atoms with E-state index in [0.717, 1.165) is 32.4 Å². The van der Waals surface area contributed by atoms with E-state index in [2.05, 4.69) is 108 Å². The lowest BCUT2D eigenvalue weighted by atomic mass is 10.0. The van der Waals surface area contributed by atoms with Crippen LogP contribution in [0, 0.1) is 0 Å². The van der Waals surface area contributed by atoms with Crippen LogP contribution in [0.25, 0.3) is 28.9 Å². The number of hydrogen-bond acceptors (Lipinski definition) is 3. The number of nitrogens with zero attached hydrogens (tertiary/aromatic N) is 1. The van der Waals surface area contributed by atoms with E-state index < -0.39 is 0 Å². The first-order valence-corrected chi connectivity index (χ1v) is 14.8. The van der Waals surface area contributed by atoms with Crippen molar-refractivity contribution in [2.24, 2.45) is 0 Å². The molecule has 0 fully saturated rings. The minimum Gasteiger partial charge on any atom is -0.311 e. The molecule has 7 rings (SSSR count). The predicted octanol–water partition coefficient (Wildman–Crippen LogP) is 10.7. The van der Waals surface area contributed by atoms with E-state index in [-0.39, 0.29) is 5.78 Å². The normalized spacial score (nSPS) is 11.8. The molecule has 1 heterocycles. The molecule has 0 bridgehead atoms. The molecule has 0 spiro atoms. The SMILES string of the molecule is O=C(/C=C/c1ccc(N(c2ccccc2)c2ccccc2)cc1)c1ccc(C=C2c3ccccc3-c3ccccc32)s1. The van der Waals surface area contributed by atoms with E-state index in [1.807, 2.05) is 54.6 Å². The number of allylic oxidation sites excluding steroid dienone is 1. The Kier molecular flexibility index (Phi) is 6.93. The highest BCUT2D eigenvalue weighted by molar-refractivity contribution is 7.15. The fraction of sp³-hybridized carbons (Fsp3) is 0. The van der Waals surface area contributed by atoms with Gasteiger partial charge in [0.2, 0.25) is 0 Å². The van der Waals surface area contributed by atoms with Crippen LogP contribution in [-0.4, -0.2) is 5.78 Å². The number of ketones is 1. The van der Waals surface area contributed by atoms with Crippen molar-refractivity contribution in [2.75, 3.05) is 4.90 Å². The number of fused-ring (bicyclic) bond motifs is 3. The van der Waals surface area contributed by atoms with Crippen molar-refractivity contribution >= 4 is 51.9 Å². The Balaban J connectivity index is 1.10. The van der Waals surface area contributed by atoms with Gasteiger partial charge in [0.15, 0.2) is 5.78 Å². The van der Waals surface area contributed by atoms with E-state index in [0.29, 0.717) is 0 Å². The lowest BCUT2D eigenvalue weighted by Gasteiger charge is -2.25. The van der Waals surface area contributed by atoms with Gasteiger partial charge in [0.25, 0.3) is 0 Å². The van der Waals surface area contributed by atoms with Gasteiger partial charge in [-0.15, -0.1) is 11.3 Å². The maximum atomic E-state index is 13.1. The number of benzene rings is 5. The van der Waals surface area contributed by atoms with Gasteiger partial charge in [0.05, 0.1) is 4.88 Å². The molecule has 6 aromatic rings. The standard InChI is InChI=1S/C39H27NOS/c41-38(39-26-24-32(42-39)27-37-35-17-9-7-15-33(35)34-16-8-10-18-36(34)37)25-21-28-19-22-31(23-20-28)40(29-11-3-1-4-12-29)30-13-5-2-6-14-30/h1-27H/b25-21+. The minimum absolute atomic E-state index is 0.0103. The van der Waals surface area contributed by atoms with E-state index in [4.69, 9.17) is 0 Å². The first-order valence-electron chi connectivity index (χ1n) is 14.0. The highest BCUT2D eigenvalue weighted by Gasteiger charge is 2.22. The summed E-state index contributed by atoms with van der Waals surface area (Å²) in [6.45, 7) is 0. The van der Waals surface area contributed by atoms with Crippen molar-refractivity contribution in [3.8, 4) is 11.1 Å². The quantitative estimate of drug-likeness (QED) is 0.143. The molecule has 3 heteroatoms. The number of carbonyl (C=O) groups is 1. The zero-order valence-corrected chi connectivity index (χ0v) is 23.7. The average Bonchev–Trinajstić information content (AvgIpc) is 3.65. The summed E-state index contributed by atoms with van der Waals surface area (Å²) in [5, 5.41) is 0. The van der Waals surface area contributed by atoms with Gasteiger partial charge >= 0.3 is 0 Å². The molecule has 2 nitrogen and oxygen atoms in total. The summed E-state index contributed by atoms with van der Waals surface area (Å²) in [5.74, 6) is 0.0103. The molecule has 0 N–H and O–H groups in total. The summed E-state index contributed by atoms with van der Waals surface area (Å²) in [5.41, 5.74) is 10.4. The van der Waals surface area contributed by atoms with E-state index in [1.165, 1.54) is 39.2 Å². The van der Waals surface area contributed by atoms with Crippen molar-refractivity contribution in [1.82, 2.24) is 0 Å². The van der Waals surface area contributed by atoms with Crippen LogP contribution >= 0.6 is 11.3 Å². The van der Waals surface area contributed by atoms with Crippen molar-refractivity contribution in [3.63, 3.8) is 0 Å². The Bertz CT molecular complexity index is 1850. The number of carbonyl (C=O) groups excluding carboxylic acids is 1. The second-order valence-corrected chi connectivity index (χ2v) is 11.3. The number of thiophene rings is 1. The van der Waals surface area contributed by atoms with Crippen molar-refractivity contribution in [1.29, 1.82) is 0 Å². The molecule has 5 aromatic carbocycles. The van der Waals surface area contributed by atoms with Crippen LogP contribution in [0.15, 0.2) is 152 Å². The van der Waals surface area contributed by atoms with Gasteiger partial charge in [-0.25, -0.2) is 0 Å². The monoisotopic (exact) mass is 557 g/mol. The van der Waals surface area contributed by atoms with Crippen LogP contribution in [0.1, 0.15) is 31.2 Å². The third-order valence-electron chi connectivity index (χ3n) is 7.49. The molecule has 0 aliphatic heterocycles. The van der Waals surface area contributed by atoms with Crippen molar-refractivity contribution < 1.29 is 4.79 Å². The Hall–Kier alpha value is -5.25. The van der Waals surface area contributed by atoms with Crippen LogP contribution in [0.3, 0.4) is 0 Å². The Morgan fingerprint density at radius 1 is 0.524 bits per heavy atom. The topological polar surface area (TPSA) is 20.3 Å². The molecule has 42 heavy (non-hydrogen) atoms. The summed E-state index contributed by atoms with van der Waals surface area (Å²) in [6, 6.07) is 50.0. The van der Waals surface area contributed by atoms with Crippen LogP contribution in [0.5, 0.6) is 0 Å². The predicted molar refractivity (Wildman–Crippen MR) is 178 cm³/mol. The molecule has 0 saturated carbocycles. The van der Waals surface area contributed by atoms with Crippen LogP contribution < -0.4 is 4.90 Å². The zero-order chi connectivity index (χ0) is 28.3. The zero-order valence-electron chi connectivity index (χ0n) is 22.9. The number of anilines is 3. The fourth-order valence-corrected chi connectivity index (χ4v) is 6.37. The van der Waals surface area contributed by atoms with Gasteiger partial charge in [-0.1, -0.05) is 103 Å². The molecule has 1 aliphatic carbocycles. The smallest absolute Gasteiger partial charge is 0.195 e. The molecule has 0 saturated heterocycles. The van der Waals surface area contributed by atoms with E-state index in [1.54, 1.807) is 6.08 Å². The van der Waals surface area contributed by atoms with Crippen LogP contribution in [0.2, 0.25) is 0 Å². The molecular formula is C39H27NOS. The molecule has 0 atom stereocenters. The molecule has 1 aromatic heterocycles. The second-order valence-electron chi connectivity index (χ2n) is 10.1. The van der Waals surface area contributed by atoms with Crippen molar-refractivity contribution in [3.05, 3.63) is 178 Å². The van der Waals surface area contributed by atoms with Gasteiger partial charge in [-0.3, -0.25) is 4.79 Å². The number of rotatable bonds is 7. The highest BCUT2D eigenvalue weighted by Crippen LogP contribution is 2.45. The van der Waals surface area contributed by atoms with E-state index >= 15 is 0 Å². The summed E-state index contributed by atoms with van der Waals surface area (Å²) in [6.07, 6.45) is 5.77. The molecule has 0 unspecified atom stereocenters. The van der Waals surface area contributed by atoms with Crippen LogP contribution in [0.4, 0.5) is 17.1 Å². The third kappa shape index (κ3) is 5.03. The molecular weight excluding hydrogens is 531 g/mol. The first kappa shape index (κ1) is 25.7. The third-order valence-corrected chi connectivity index (χ3v) is 8.53. The molecule has 1 aliphatic rings. The summed E-state index contributed by atoms with van der Waals surface area (Å²) < 4.78 is 0. The summed E-state index contributed by atoms with van der Waals surface area (Å²) in [4.78, 5) is 17.1. The Labute approximate surface area is 250 Å². The minimum atomic E-state index is 0.0103. The van der Waals surface area contributed by atoms with Gasteiger partial charge in [-0.05, 0) is 94.1 Å². The lowest BCUT2D eigenvalue weighted by molar-refractivity contribution is 0.105. The maximum Gasteiger partial charge on any atom is 0.195 e. The maximum absolute atomic E-state index is 13.1. The second kappa shape index (κ2) is 11.3. The molecule has 0 amide bonds. The van der Waals surface area contributed by atoms with Gasteiger partial charge < -0.3 is 4.90 Å². The summed E-state index contributed by atoms with van der Waals surface area (Å²) in [7, 11) is 0. The lowest BCUT2D eigenvalue weighted by Crippen LogP contribution is -2.09. The number of para-hydroxylation sites is 2. The van der Waals surface area contributed by atoms with Crippen LogP contribution in [-0.2, 0) is 0 Å². The highest BCUT2D eigenvalue weighted by atomic mass is 32.1. The Morgan fingerprint density at radius 3 is 1.60 bits per heavy atom. The molecule has 200 valence electrons. The van der Waals surface area contributed by atoms with Gasteiger partial charge in [0.1, 0.15) is 0 Å². The van der Waals surface area contributed by atoms with Crippen molar-refractivity contribution in [2.45, 2.75) is 0 Å². The average molecular weight is 558 g/mol. The molecule has 0 radical (unpaired) electrons. The largest absolute Gasteiger partial charge is 0.311 e. The summed E-state index contributed by atoms with van der Waals surface area (Å²) >= 11 is 1.53.